The van der Waals surface area contributed by atoms with E-state index in [4.69, 9.17) is 16.3 Å². The maximum absolute atomic E-state index is 12.8. The lowest BCUT2D eigenvalue weighted by molar-refractivity contribution is 0.0954. The monoisotopic (exact) mass is 464 g/mol. The first kappa shape index (κ1) is 22.1. The first-order valence-electron chi connectivity index (χ1n) is 9.25. The molecule has 0 unspecified atom stereocenters. The van der Waals surface area contributed by atoms with Gasteiger partial charge in [0.05, 0.1) is 22.1 Å². The number of halogens is 1. The second-order valence-corrected chi connectivity index (χ2v) is 9.41. The van der Waals surface area contributed by atoms with E-state index in [-0.39, 0.29) is 15.5 Å². The number of carbonyl (C=O) groups excluding carboxylic acids is 1. The number of benzene rings is 2. The molecule has 0 radical (unpaired) electrons. The standard InChI is InChI=1S/C21H21ClN2O4S2/c1-2-28-16-7-5-15(6-8-16)24-30(26,27)18-9-10-20(22)19(14-18)21(25)23-12-11-17-4-3-13-29-17/h3-10,13-14,24H,2,11-12H2,1H3,(H,23,25). The molecule has 0 saturated heterocycles. The molecule has 158 valence electrons. The van der Waals surface area contributed by atoms with E-state index in [1.807, 2.05) is 24.4 Å². The van der Waals surface area contributed by atoms with E-state index in [1.165, 1.54) is 18.2 Å². The number of ether oxygens (including phenoxy) is 1. The smallest absolute Gasteiger partial charge is 0.261 e. The van der Waals surface area contributed by atoms with E-state index in [0.717, 1.165) is 4.88 Å². The zero-order chi connectivity index (χ0) is 21.6. The summed E-state index contributed by atoms with van der Waals surface area (Å²) in [4.78, 5) is 13.6. The lowest BCUT2D eigenvalue weighted by Crippen LogP contribution is -2.26. The Balaban J connectivity index is 1.71. The Morgan fingerprint density at radius 3 is 2.57 bits per heavy atom. The van der Waals surface area contributed by atoms with Gasteiger partial charge in [0.1, 0.15) is 5.75 Å². The lowest BCUT2D eigenvalue weighted by Gasteiger charge is -2.11. The normalized spacial score (nSPS) is 11.1. The molecule has 0 atom stereocenters. The van der Waals surface area contributed by atoms with Gasteiger partial charge < -0.3 is 10.1 Å². The van der Waals surface area contributed by atoms with Gasteiger partial charge in [0, 0.05) is 17.1 Å². The van der Waals surface area contributed by atoms with Crippen LogP contribution in [0.3, 0.4) is 0 Å². The van der Waals surface area contributed by atoms with Crippen molar-refractivity contribution in [2.45, 2.75) is 18.2 Å². The third-order valence-electron chi connectivity index (χ3n) is 4.15. The minimum absolute atomic E-state index is 0.0517. The number of anilines is 1. The number of hydrogen-bond acceptors (Lipinski definition) is 5. The van der Waals surface area contributed by atoms with Crippen LogP contribution >= 0.6 is 22.9 Å². The van der Waals surface area contributed by atoms with Crippen molar-refractivity contribution >= 4 is 44.6 Å². The molecule has 0 aliphatic heterocycles. The number of carbonyl (C=O) groups is 1. The van der Waals surface area contributed by atoms with Crippen LogP contribution in [0.25, 0.3) is 0 Å². The summed E-state index contributed by atoms with van der Waals surface area (Å²) in [6.07, 6.45) is 0.693. The zero-order valence-corrected chi connectivity index (χ0v) is 18.6. The molecular weight excluding hydrogens is 444 g/mol. The zero-order valence-electron chi connectivity index (χ0n) is 16.2. The van der Waals surface area contributed by atoms with Crippen LogP contribution in [-0.4, -0.2) is 27.5 Å². The second-order valence-electron chi connectivity index (χ2n) is 6.29. The highest BCUT2D eigenvalue weighted by molar-refractivity contribution is 7.92. The van der Waals surface area contributed by atoms with Crippen molar-refractivity contribution in [2.75, 3.05) is 17.9 Å². The van der Waals surface area contributed by atoms with Gasteiger partial charge >= 0.3 is 0 Å². The molecule has 0 bridgehead atoms. The highest BCUT2D eigenvalue weighted by atomic mass is 35.5. The molecule has 0 saturated carbocycles. The topological polar surface area (TPSA) is 84.5 Å². The SMILES string of the molecule is CCOc1ccc(NS(=O)(=O)c2ccc(Cl)c(C(=O)NCCc3cccs3)c2)cc1. The molecule has 1 heterocycles. The van der Waals surface area contributed by atoms with Gasteiger partial charge in [0.25, 0.3) is 15.9 Å². The van der Waals surface area contributed by atoms with Crippen molar-refractivity contribution in [3.63, 3.8) is 0 Å². The molecule has 9 heteroatoms. The third kappa shape index (κ3) is 5.75. The fourth-order valence-corrected chi connectivity index (χ4v) is 4.69. The summed E-state index contributed by atoms with van der Waals surface area (Å²) in [5, 5.41) is 4.93. The number of thiophene rings is 1. The largest absolute Gasteiger partial charge is 0.494 e. The van der Waals surface area contributed by atoms with Gasteiger partial charge in [-0.1, -0.05) is 17.7 Å². The predicted octanol–water partition coefficient (Wildman–Crippen LogP) is 4.57. The van der Waals surface area contributed by atoms with Crippen LogP contribution in [0.1, 0.15) is 22.2 Å². The van der Waals surface area contributed by atoms with Crippen LogP contribution in [0.15, 0.2) is 64.9 Å². The Kier molecular flexibility index (Phi) is 7.36. The van der Waals surface area contributed by atoms with Crippen LogP contribution in [0.2, 0.25) is 5.02 Å². The van der Waals surface area contributed by atoms with E-state index in [1.54, 1.807) is 35.6 Å². The maximum atomic E-state index is 12.8. The number of nitrogens with one attached hydrogen (secondary N) is 2. The van der Waals surface area contributed by atoms with Crippen molar-refractivity contribution in [1.29, 1.82) is 0 Å². The fraction of sp³-hybridized carbons (Fsp3) is 0.190. The predicted molar refractivity (Wildman–Crippen MR) is 120 cm³/mol. The first-order valence-corrected chi connectivity index (χ1v) is 12.0. The van der Waals surface area contributed by atoms with Gasteiger partial charge in [0.15, 0.2) is 0 Å². The lowest BCUT2D eigenvalue weighted by atomic mass is 10.2. The van der Waals surface area contributed by atoms with Gasteiger partial charge in [-0.05, 0) is 67.3 Å². The van der Waals surface area contributed by atoms with Crippen molar-refractivity contribution in [2.24, 2.45) is 0 Å². The van der Waals surface area contributed by atoms with Gasteiger partial charge in [-0.15, -0.1) is 11.3 Å². The summed E-state index contributed by atoms with van der Waals surface area (Å²) < 4.78 is 33.3. The van der Waals surface area contributed by atoms with Crippen molar-refractivity contribution in [3.05, 3.63) is 75.4 Å². The van der Waals surface area contributed by atoms with Crippen molar-refractivity contribution < 1.29 is 17.9 Å². The molecule has 3 rings (SSSR count). The van der Waals surface area contributed by atoms with Crippen LogP contribution < -0.4 is 14.8 Å². The fourth-order valence-electron chi connectivity index (χ4n) is 2.69. The summed E-state index contributed by atoms with van der Waals surface area (Å²) in [5.74, 6) is 0.225. The van der Waals surface area contributed by atoms with Crippen LogP contribution in [0.5, 0.6) is 5.75 Å². The van der Waals surface area contributed by atoms with Crippen molar-refractivity contribution in [3.8, 4) is 5.75 Å². The van der Waals surface area contributed by atoms with E-state index in [2.05, 4.69) is 10.0 Å². The van der Waals surface area contributed by atoms with E-state index >= 15 is 0 Å². The summed E-state index contributed by atoms with van der Waals surface area (Å²) in [7, 11) is -3.90. The molecular formula is C21H21ClN2O4S2. The number of rotatable bonds is 9. The maximum Gasteiger partial charge on any atom is 0.261 e. The van der Waals surface area contributed by atoms with E-state index in [9.17, 15) is 13.2 Å². The molecule has 2 N–H and O–H groups in total. The Bertz CT molecular complexity index is 1100. The summed E-state index contributed by atoms with van der Waals surface area (Å²) in [5.41, 5.74) is 0.493. The van der Waals surface area contributed by atoms with Crippen molar-refractivity contribution in [1.82, 2.24) is 5.32 Å². The van der Waals surface area contributed by atoms with Gasteiger partial charge in [-0.2, -0.15) is 0 Å². The number of amides is 1. The van der Waals surface area contributed by atoms with Gasteiger partial charge in [-0.3, -0.25) is 9.52 Å². The molecule has 6 nitrogen and oxygen atoms in total. The van der Waals surface area contributed by atoms with Gasteiger partial charge in [-0.25, -0.2) is 8.42 Å². The number of sulfonamides is 1. The Hall–Kier alpha value is -2.55. The highest BCUT2D eigenvalue weighted by Gasteiger charge is 2.19. The Morgan fingerprint density at radius 2 is 1.90 bits per heavy atom. The van der Waals surface area contributed by atoms with E-state index in [0.29, 0.717) is 31.0 Å². The number of hydrogen-bond donors (Lipinski definition) is 2. The quantitative estimate of drug-likeness (QED) is 0.485. The Morgan fingerprint density at radius 1 is 1.13 bits per heavy atom. The first-order chi connectivity index (χ1) is 14.4. The second kappa shape index (κ2) is 9.97. The average molecular weight is 465 g/mol. The molecule has 30 heavy (non-hydrogen) atoms. The molecule has 1 aromatic heterocycles. The molecule has 3 aromatic rings. The van der Waals surface area contributed by atoms with Gasteiger partial charge in [0.2, 0.25) is 0 Å². The summed E-state index contributed by atoms with van der Waals surface area (Å²) in [6.45, 7) is 2.82. The molecule has 0 aliphatic rings. The Labute approximate surface area is 184 Å². The van der Waals surface area contributed by atoms with E-state index < -0.39 is 15.9 Å². The molecule has 0 aliphatic carbocycles. The highest BCUT2D eigenvalue weighted by Crippen LogP contribution is 2.24. The third-order valence-corrected chi connectivity index (χ3v) is 6.79. The molecule has 2 aromatic carbocycles. The minimum atomic E-state index is -3.90. The van der Waals surface area contributed by atoms with Crippen LogP contribution in [0.4, 0.5) is 5.69 Å². The minimum Gasteiger partial charge on any atom is -0.494 e. The molecule has 0 fully saturated rings. The average Bonchev–Trinajstić information content (AvgIpc) is 3.23. The van der Waals surface area contributed by atoms with Crippen LogP contribution in [0, 0.1) is 0 Å². The van der Waals surface area contributed by atoms with Crippen LogP contribution in [-0.2, 0) is 16.4 Å². The molecule has 0 spiro atoms. The summed E-state index contributed by atoms with van der Waals surface area (Å²) >= 11 is 7.75. The molecule has 1 amide bonds. The summed E-state index contributed by atoms with van der Waals surface area (Å²) in [6, 6.07) is 14.6.